The molecule has 2 fully saturated rings. The molecule has 0 saturated heterocycles. The summed E-state index contributed by atoms with van der Waals surface area (Å²) < 4.78 is 0. The van der Waals surface area contributed by atoms with E-state index in [0.29, 0.717) is 0 Å². The second-order valence-electron chi connectivity index (χ2n) is 5.13. The van der Waals surface area contributed by atoms with Crippen LogP contribution in [0, 0.1) is 5.92 Å². The van der Waals surface area contributed by atoms with Crippen LogP contribution in [0.1, 0.15) is 51.4 Å². The molecule has 0 aliphatic heterocycles. The van der Waals surface area contributed by atoms with Gasteiger partial charge in [-0.25, -0.2) is 0 Å². The fourth-order valence-corrected chi connectivity index (χ4v) is 2.46. The molecule has 3 nitrogen and oxygen atoms in total. The van der Waals surface area contributed by atoms with E-state index in [2.05, 4.69) is 5.32 Å². The molecule has 86 valence electrons. The monoisotopic (exact) mass is 211 g/mol. The van der Waals surface area contributed by atoms with Crippen molar-refractivity contribution >= 4 is 5.97 Å². The Morgan fingerprint density at radius 2 is 1.80 bits per heavy atom. The van der Waals surface area contributed by atoms with Crippen LogP contribution in [0.25, 0.3) is 0 Å². The van der Waals surface area contributed by atoms with Crippen molar-refractivity contribution in [3.05, 3.63) is 0 Å². The second kappa shape index (κ2) is 4.52. The molecule has 0 heterocycles. The van der Waals surface area contributed by atoms with E-state index in [-0.39, 0.29) is 0 Å². The van der Waals surface area contributed by atoms with Gasteiger partial charge in [-0.3, -0.25) is 4.79 Å². The van der Waals surface area contributed by atoms with Crippen LogP contribution in [0.3, 0.4) is 0 Å². The standard InChI is InChI=1S/C12H21NO2/c14-11(15)12(13-9-10-5-6-10)7-3-1-2-4-8-12/h10,13H,1-9H2,(H,14,15). The predicted octanol–water partition coefficient (Wildman–Crippen LogP) is 2.16. The van der Waals surface area contributed by atoms with Gasteiger partial charge >= 0.3 is 5.97 Å². The molecule has 2 aliphatic rings. The van der Waals surface area contributed by atoms with Crippen LogP contribution in [0.5, 0.6) is 0 Å². The molecule has 0 atom stereocenters. The summed E-state index contributed by atoms with van der Waals surface area (Å²) in [6.07, 6.45) is 8.70. The lowest BCUT2D eigenvalue weighted by Crippen LogP contribution is -2.52. The third-order valence-electron chi connectivity index (χ3n) is 3.79. The summed E-state index contributed by atoms with van der Waals surface area (Å²) in [7, 11) is 0. The SMILES string of the molecule is O=C(O)C1(NCC2CC2)CCCCCC1. The maximum atomic E-state index is 11.4. The van der Waals surface area contributed by atoms with Crippen molar-refractivity contribution < 1.29 is 9.90 Å². The second-order valence-corrected chi connectivity index (χ2v) is 5.13. The molecule has 0 spiro atoms. The van der Waals surface area contributed by atoms with E-state index in [9.17, 15) is 9.90 Å². The average molecular weight is 211 g/mol. The van der Waals surface area contributed by atoms with Crippen molar-refractivity contribution in [1.82, 2.24) is 5.32 Å². The van der Waals surface area contributed by atoms with E-state index < -0.39 is 11.5 Å². The highest BCUT2D eigenvalue weighted by Gasteiger charge is 2.39. The number of carbonyl (C=O) groups is 1. The van der Waals surface area contributed by atoms with Gasteiger partial charge in [0.25, 0.3) is 0 Å². The highest BCUT2D eigenvalue weighted by molar-refractivity contribution is 5.78. The van der Waals surface area contributed by atoms with Gasteiger partial charge in [0, 0.05) is 0 Å². The number of nitrogens with one attached hydrogen (secondary N) is 1. The lowest BCUT2D eigenvalue weighted by atomic mass is 9.90. The van der Waals surface area contributed by atoms with Gasteiger partial charge in [-0.2, -0.15) is 0 Å². The Kier molecular flexibility index (Phi) is 3.29. The van der Waals surface area contributed by atoms with Crippen LogP contribution < -0.4 is 5.32 Å². The smallest absolute Gasteiger partial charge is 0.323 e. The van der Waals surface area contributed by atoms with Crippen molar-refractivity contribution in [3.63, 3.8) is 0 Å². The van der Waals surface area contributed by atoms with E-state index in [1.165, 1.54) is 25.7 Å². The van der Waals surface area contributed by atoms with Crippen molar-refractivity contribution in [3.8, 4) is 0 Å². The summed E-state index contributed by atoms with van der Waals surface area (Å²) in [5.74, 6) is 0.120. The van der Waals surface area contributed by atoms with Crippen molar-refractivity contribution in [1.29, 1.82) is 0 Å². The van der Waals surface area contributed by atoms with Crippen LogP contribution in [0.15, 0.2) is 0 Å². The maximum absolute atomic E-state index is 11.4. The number of aliphatic carboxylic acids is 1. The molecule has 0 radical (unpaired) electrons. The molecule has 0 aromatic rings. The molecule has 0 aromatic heterocycles. The average Bonchev–Trinajstić information content (AvgIpc) is 3.03. The van der Waals surface area contributed by atoms with Crippen LogP contribution in [-0.2, 0) is 4.79 Å². The van der Waals surface area contributed by atoms with Gasteiger partial charge in [0.15, 0.2) is 0 Å². The van der Waals surface area contributed by atoms with Gasteiger partial charge in [0.2, 0.25) is 0 Å². The Morgan fingerprint density at radius 1 is 1.20 bits per heavy atom. The molecule has 0 aromatic carbocycles. The van der Waals surface area contributed by atoms with Gasteiger partial charge in [-0.05, 0) is 38.1 Å². The summed E-state index contributed by atoms with van der Waals surface area (Å²) in [5, 5.41) is 12.7. The molecule has 2 saturated carbocycles. The molecular weight excluding hydrogens is 190 g/mol. The molecule has 0 bridgehead atoms. The molecule has 0 amide bonds. The molecule has 2 N–H and O–H groups in total. The Labute approximate surface area is 91.2 Å². The number of carboxylic acid groups (broad SMARTS) is 1. The largest absolute Gasteiger partial charge is 0.480 e. The first-order valence-corrected chi connectivity index (χ1v) is 6.21. The third kappa shape index (κ3) is 2.71. The lowest BCUT2D eigenvalue weighted by molar-refractivity contribution is -0.145. The quantitative estimate of drug-likeness (QED) is 0.701. The first-order chi connectivity index (χ1) is 7.23. The van der Waals surface area contributed by atoms with E-state index >= 15 is 0 Å². The van der Waals surface area contributed by atoms with Crippen molar-refractivity contribution in [2.75, 3.05) is 6.54 Å². The zero-order valence-corrected chi connectivity index (χ0v) is 9.30. The molecule has 0 unspecified atom stereocenters. The minimum atomic E-state index is -0.634. The van der Waals surface area contributed by atoms with Crippen molar-refractivity contribution in [2.45, 2.75) is 56.9 Å². The summed E-state index contributed by atoms with van der Waals surface area (Å²) in [4.78, 5) is 11.4. The Hall–Kier alpha value is -0.570. The lowest BCUT2D eigenvalue weighted by Gasteiger charge is -2.29. The Bertz CT molecular complexity index is 228. The van der Waals surface area contributed by atoms with Gasteiger partial charge in [-0.15, -0.1) is 0 Å². The topological polar surface area (TPSA) is 49.3 Å². The predicted molar refractivity (Wildman–Crippen MR) is 58.8 cm³/mol. The normalized spacial score (nSPS) is 25.9. The number of hydrogen-bond donors (Lipinski definition) is 2. The third-order valence-corrected chi connectivity index (χ3v) is 3.79. The molecular formula is C12H21NO2. The summed E-state index contributed by atoms with van der Waals surface area (Å²) >= 11 is 0. The van der Waals surface area contributed by atoms with E-state index in [0.717, 1.165) is 38.1 Å². The van der Waals surface area contributed by atoms with Crippen LogP contribution in [-0.4, -0.2) is 23.2 Å². The minimum Gasteiger partial charge on any atom is -0.480 e. The van der Waals surface area contributed by atoms with E-state index in [4.69, 9.17) is 0 Å². The van der Waals surface area contributed by atoms with Gasteiger partial charge in [0.1, 0.15) is 5.54 Å². The van der Waals surface area contributed by atoms with Gasteiger partial charge in [-0.1, -0.05) is 25.7 Å². The summed E-state index contributed by atoms with van der Waals surface area (Å²) in [6, 6.07) is 0. The van der Waals surface area contributed by atoms with E-state index in [1.807, 2.05) is 0 Å². The molecule has 2 aliphatic carbocycles. The van der Waals surface area contributed by atoms with Crippen molar-refractivity contribution in [2.24, 2.45) is 5.92 Å². The zero-order valence-electron chi connectivity index (χ0n) is 9.30. The first kappa shape index (κ1) is 10.9. The number of hydrogen-bond acceptors (Lipinski definition) is 2. The fourth-order valence-electron chi connectivity index (χ4n) is 2.46. The zero-order chi connectivity index (χ0) is 10.7. The Balaban J connectivity index is 1.95. The van der Waals surface area contributed by atoms with Gasteiger partial charge in [0.05, 0.1) is 0 Å². The first-order valence-electron chi connectivity index (χ1n) is 6.21. The van der Waals surface area contributed by atoms with Crippen LogP contribution in [0.2, 0.25) is 0 Å². The minimum absolute atomic E-state index is 0.598. The number of carboxylic acids is 1. The summed E-state index contributed by atoms with van der Waals surface area (Å²) in [6.45, 7) is 0.909. The van der Waals surface area contributed by atoms with Gasteiger partial charge < -0.3 is 10.4 Å². The summed E-state index contributed by atoms with van der Waals surface area (Å²) in [5.41, 5.74) is -0.598. The number of rotatable bonds is 4. The fraction of sp³-hybridized carbons (Fsp3) is 0.917. The Morgan fingerprint density at radius 3 is 2.27 bits per heavy atom. The maximum Gasteiger partial charge on any atom is 0.323 e. The highest BCUT2D eigenvalue weighted by atomic mass is 16.4. The van der Waals surface area contributed by atoms with Crippen LogP contribution >= 0.6 is 0 Å². The molecule has 3 heteroatoms. The molecule has 15 heavy (non-hydrogen) atoms. The van der Waals surface area contributed by atoms with E-state index in [1.54, 1.807) is 0 Å². The van der Waals surface area contributed by atoms with Crippen LogP contribution in [0.4, 0.5) is 0 Å². The molecule has 2 rings (SSSR count). The highest BCUT2D eigenvalue weighted by Crippen LogP contribution is 2.31.